The molecule has 0 bridgehead atoms. The number of hydrogen-bond donors (Lipinski definition) is 1. The van der Waals surface area contributed by atoms with Crippen molar-refractivity contribution in [3.8, 4) is 0 Å². The molecule has 1 saturated carbocycles. The molecular weight excluding hydrogens is 230 g/mol. The van der Waals surface area contributed by atoms with E-state index in [2.05, 4.69) is 33.0 Å². The maximum absolute atomic E-state index is 11.3. The zero-order chi connectivity index (χ0) is 13.1. The number of rotatable bonds is 5. The van der Waals surface area contributed by atoms with Crippen molar-refractivity contribution < 1.29 is 4.21 Å². The lowest BCUT2D eigenvalue weighted by atomic mass is 9.70. The van der Waals surface area contributed by atoms with Crippen molar-refractivity contribution in [3.05, 3.63) is 0 Å². The molecule has 0 aromatic heterocycles. The predicted octanol–water partition coefficient (Wildman–Crippen LogP) is 2.95. The van der Waals surface area contributed by atoms with Gasteiger partial charge in [0.25, 0.3) is 0 Å². The molecule has 1 rings (SSSR count). The second-order valence-corrected chi connectivity index (χ2v) is 8.34. The fourth-order valence-corrected chi connectivity index (χ4v) is 3.34. The summed E-state index contributed by atoms with van der Waals surface area (Å²) in [6.07, 6.45) is 6.76. The van der Waals surface area contributed by atoms with Crippen LogP contribution in [0.5, 0.6) is 0 Å². The highest BCUT2D eigenvalue weighted by atomic mass is 32.2. The number of nitrogens with one attached hydrogen (secondary N) is 1. The van der Waals surface area contributed by atoms with Gasteiger partial charge in [0.1, 0.15) is 0 Å². The third-order valence-electron chi connectivity index (χ3n) is 4.22. The van der Waals surface area contributed by atoms with Crippen LogP contribution in [0.1, 0.15) is 53.4 Å². The van der Waals surface area contributed by atoms with Crippen molar-refractivity contribution in [2.45, 2.75) is 64.7 Å². The first-order chi connectivity index (χ1) is 7.82. The van der Waals surface area contributed by atoms with Gasteiger partial charge in [-0.1, -0.05) is 27.7 Å². The summed E-state index contributed by atoms with van der Waals surface area (Å²) in [4.78, 5) is 0. The summed E-state index contributed by atoms with van der Waals surface area (Å²) in [6.45, 7) is 10.2. The summed E-state index contributed by atoms with van der Waals surface area (Å²) in [5.41, 5.74) is 0.524. The van der Waals surface area contributed by atoms with E-state index < -0.39 is 10.8 Å². The fourth-order valence-electron chi connectivity index (χ4n) is 2.89. The van der Waals surface area contributed by atoms with Crippen LogP contribution in [0.15, 0.2) is 0 Å². The van der Waals surface area contributed by atoms with Crippen molar-refractivity contribution in [2.24, 2.45) is 11.3 Å². The average molecular weight is 259 g/mol. The maximum Gasteiger partial charge on any atom is 0.0329 e. The Morgan fingerprint density at radius 3 is 2.65 bits per heavy atom. The summed E-state index contributed by atoms with van der Waals surface area (Å²) in [7, 11) is -0.678. The van der Waals surface area contributed by atoms with Gasteiger partial charge < -0.3 is 5.32 Å². The van der Waals surface area contributed by atoms with E-state index in [0.29, 0.717) is 16.7 Å². The third kappa shape index (κ3) is 5.09. The Morgan fingerprint density at radius 1 is 1.47 bits per heavy atom. The van der Waals surface area contributed by atoms with Crippen molar-refractivity contribution in [2.75, 3.05) is 12.8 Å². The van der Waals surface area contributed by atoms with Crippen LogP contribution < -0.4 is 5.32 Å². The second kappa shape index (κ2) is 6.33. The largest absolute Gasteiger partial charge is 0.314 e. The molecule has 1 N–H and O–H groups in total. The van der Waals surface area contributed by atoms with E-state index in [1.807, 2.05) is 0 Å². The Kier molecular flexibility index (Phi) is 5.65. The predicted molar refractivity (Wildman–Crippen MR) is 76.7 cm³/mol. The molecule has 0 amide bonds. The Labute approximate surface area is 109 Å². The van der Waals surface area contributed by atoms with Gasteiger partial charge in [-0.2, -0.15) is 0 Å². The molecule has 3 heteroatoms. The van der Waals surface area contributed by atoms with Gasteiger partial charge in [-0.3, -0.25) is 4.21 Å². The average Bonchev–Trinajstić information content (AvgIpc) is 2.20. The molecule has 2 nitrogen and oxygen atoms in total. The van der Waals surface area contributed by atoms with E-state index >= 15 is 0 Å². The van der Waals surface area contributed by atoms with E-state index in [4.69, 9.17) is 0 Å². The number of hydrogen-bond acceptors (Lipinski definition) is 2. The van der Waals surface area contributed by atoms with Crippen LogP contribution in [0, 0.1) is 11.3 Å². The standard InChI is InChI=1S/C14H29NOS/c1-11-10-14(3,4)8-6-13(11)15-9-7-12(2)17(5)16/h11-13,15H,6-10H2,1-5H3. The Balaban J connectivity index is 2.27. The molecule has 17 heavy (non-hydrogen) atoms. The van der Waals surface area contributed by atoms with E-state index in [0.717, 1.165) is 18.9 Å². The van der Waals surface area contributed by atoms with Gasteiger partial charge in [-0.15, -0.1) is 0 Å². The smallest absolute Gasteiger partial charge is 0.0329 e. The van der Waals surface area contributed by atoms with E-state index in [1.165, 1.54) is 19.3 Å². The van der Waals surface area contributed by atoms with Gasteiger partial charge in [0, 0.05) is 28.3 Å². The Bertz CT molecular complexity index is 265. The van der Waals surface area contributed by atoms with Crippen LogP contribution in [0.25, 0.3) is 0 Å². The minimum Gasteiger partial charge on any atom is -0.314 e. The van der Waals surface area contributed by atoms with Crippen molar-refractivity contribution in [1.29, 1.82) is 0 Å². The molecule has 0 saturated heterocycles. The highest BCUT2D eigenvalue weighted by Gasteiger charge is 2.31. The SMILES string of the molecule is CC1CC(C)(C)CCC1NCCC(C)S(C)=O. The molecule has 1 aliphatic rings. The normalized spacial score (nSPS) is 32.1. The maximum atomic E-state index is 11.3. The molecule has 0 heterocycles. The molecule has 4 atom stereocenters. The topological polar surface area (TPSA) is 29.1 Å². The fraction of sp³-hybridized carbons (Fsp3) is 1.00. The minimum absolute atomic E-state index is 0.317. The lowest BCUT2D eigenvalue weighted by molar-refractivity contribution is 0.149. The van der Waals surface area contributed by atoms with Crippen LogP contribution >= 0.6 is 0 Å². The van der Waals surface area contributed by atoms with E-state index in [-0.39, 0.29) is 0 Å². The first-order valence-corrected chi connectivity index (χ1v) is 8.49. The minimum atomic E-state index is -0.678. The summed E-state index contributed by atoms with van der Waals surface area (Å²) >= 11 is 0. The summed E-state index contributed by atoms with van der Waals surface area (Å²) < 4.78 is 11.3. The molecule has 1 aliphatic carbocycles. The summed E-state index contributed by atoms with van der Waals surface area (Å²) in [5.74, 6) is 0.765. The Hall–Kier alpha value is 0.110. The summed E-state index contributed by atoms with van der Waals surface area (Å²) in [5, 5.41) is 3.98. The van der Waals surface area contributed by atoms with Crippen molar-refractivity contribution >= 4 is 10.8 Å². The molecule has 102 valence electrons. The molecule has 0 aromatic carbocycles. The molecule has 0 aliphatic heterocycles. The molecule has 0 spiro atoms. The molecule has 0 aromatic rings. The molecule has 4 unspecified atom stereocenters. The second-order valence-electron chi connectivity index (χ2n) is 6.54. The molecular formula is C14H29NOS. The van der Waals surface area contributed by atoms with Crippen molar-refractivity contribution in [3.63, 3.8) is 0 Å². The van der Waals surface area contributed by atoms with Crippen LogP contribution in [-0.4, -0.2) is 28.3 Å². The zero-order valence-corrected chi connectivity index (χ0v) is 12.9. The third-order valence-corrected chi connectivity index (χ3v) is 5.59. The lowest BCUT2D eigenvalue weighted by Gasteiger charge is -2.39. The first-order valence-electron chi connectivity index (χ1n) is 6.87. The van der Waals surface area contributed by atoms with Gasteiger partial charge in [-0.25, -0.2) is 0 Å². The van der Waals surface area contributed by atoms with Crippen LogP contribution in [0.2, 0.25) is 0 Å². The highest BCUT2D eigenvalue weighted by molar-refractivity contribution is 7.84. The molecule has 0 radical (unpaired) electrons. The summed E-state index contributed by atoms with van der Waals surface area (Å²) in [6, 6.07) is 0.667. The van der Waals surface area contributed by atoms with Gasteiger partial charge >= 0.3 is 0 Å². The monoisotopic (exact) mass is 259 g/mol. The van der Waals surface area contributed by atoms with Crippen molar-refractivity contribution in [1.82, 2.24) is 5.32 Å². The van der Waals surface area contributed by atoms with E-state index in [1.54, 1.807) is 6.26 Å². The lowest BCUT2D eigenvalue weighted by Crippen LogP contribution is -2.42. The molecule has 1 fully saturated rings. The quantitative estimate of drug-likeness (QED) is 0.822. The van der Waals surface area contributed by atoms with Gasteiger partial charge in [0.05, 0.1) is 0 Å². The van der Waals surface area contributed by atoms with E-state index in [9.17, 15) is 4.21 Å². The Morgan fingerprint density at radius 2 is 2.12 bits per heavy atom. The van der Waals surface area contributed by atoms with Gasteiger partial charge in [-0.05, 0) is 43.6 Å². The van der Waals surface area contributed by atoms with Crippen LogP contribution in [0.4, 0.5) is 0 Å². The first kappa shape index (κ1) is 15.2. The zero-order valence-electron chi connectivity index (χ0n) is 12.1. The van der Waals surface area contributed by atoms with Crippen LogP contribution in [-0.2, 0) is 10.8 Å². The van der Waals surface area contributed by atoms with Gasteiger partial charge in [0.15, 0.2) is 0 Å². The van der Waals surface area contributed by atoms with Crippen LogP contribution in [0.3, 0.4) is 0 Å². The highest BCUT2D eigenvalue weighted by Crippen LogP contribution is 2.38. The van der Waals surface area contributed by atoms with Gasteiger partial charge in [0.2, 0.25) is 0 Å².